The van der Waals surface area contributed by atoms with Crippen molar-refractivity contribution >= 4 is 28.9 Å². The molecular weight excluding hydrogens is 264 g/mol. The Morgan fingerprint density at radius 3 is 2.89 bits per heavy atom. The third-order valence-corrected chi connectivity index (χ3v) is 3.75. The summed E-state index contributed by atoms with van der Waals surface area (Å²) in [6.45, 7) is 4.00. The van der Waals surface area contributed by atoms with Gasteiger partial charge >= 0.3 is 5.97 Å². The topological polar surface area (TPSA) is 55.6 Å². The zero-order chi connectivity index (χ0) is 14.0. The van der Waals surface area contributed by atoms with Crippen LogP contribution >= 0.6 is 11.6 Å². The molecule has 1 saturated heterocycles. The molecule has 1 atom stereocenters. The van der Waals surface area contributed by atoms with E-state index in [0.29, 0.717) is 22.2 Å². The summed E-state index contributed by atoms with van der Waals surface area (Å²) < 4.78 is 4.82. The van der Waals surface area contributed by atoms with Gasteiger partial charge in [-0.25, -0.2) is 4.79 Å². The second kappa shape index (κ2) is 5.70. The second-order valence-electron chi connectivity index (χ2n) is 5.08. The number of benzene rings is 1. The summed E-state index contributed by atoms with van der Waals surface area (Å²) in [6.07, 6.45) is 2.30. The smallest absolute Gasteiger partial charge is 0.340 e. The second-order valence-corrected chi connectivity index (χ2v) is 5.49. The Kier molecular flexibility index (Phi) is 4.20. The number of carbonyl (C=O) groups excluding carboxylic acids is 1. The summed E-state index contributed by atoms with van der Waals surface area (Å²) in [7, 11) is 1.36. The Morgan fingerprint density at radius 1 is 1.53 bits per heavy atom. The molecule has 0 radical (unpaired) electrons. The molecule has 104 valence electrons. The first-order valence-electron chi connectivity index (χ1n) is 6.45. The number of rotatable bonds is 2. The molecule has 4 nitrogen and oxygen atoms in total. The number of carbonyl (C=O) groups is 1. The van der Waals surface area contributed by atoms with Gasteiger partial charge in [0.1, 0.15) is 0 Å². The van der Waals surface area contributed by atoms with E-state index in [-0.39, 0.29) is 0 Å². The molecule has 0 bridgehead atoms. The van der Waals surface area contributed by atoms with Gasteiger partial charge in [-0.05, 0) is 30.9 Å². The molecule has 2 N–H and O–H groups in total. The van der Waals surface area contributed by atoms with Crippen molar-refractivity contribution in [3.63, 3.8) is 0 Å². The zero-order valence-corrected chi connectivity index (χ0v) is 12.0. The summed E-state index contributed by atoms with van der Waals surface area (Å²) in [4.78, 5) is 14.1. The van der Waals surface area contributed by atoms with Gasteiger partial charge in [-0.1, -0.05) is 18.5 Å². The largest absolute Gasteiger partial charge is 0.465 e. The first kappa shape index (κ1) is 14.0. The molecule has 19 heavy (non-hydrogen) atoms. The molecule has 0 aliphatic carbocycles. The van der Waals surface area contributed by atoms with Gasteiger partial charge in [0.05, 0.1) is 23.4 Å². The van der Waals surface area contributed by atoms with Gasteiger partial charge in [0.15, 0.2) is 0 Å². The number of hydrogen-bond acceptors (Lipinski definition) is 4. The number of esters is 1. The number of nitrogens with zero attached hydrogens (tertiary/aromatic N) is 1. The predicted octanol–water partition coefficient (Wildman–Crippen LogP) is 2.95. The van der Waals surface area contributed by atoms with E-state index in [1.165, 1.54) is 13.5 Å². The summed E-state index contributed by atoms with van der Waals surface area (Å²) in [5.41, 5.74) is 7.43. The van der Waals surface area contributed by atoms with Crippen molar-refractivity contribution < 1.29 is 9.53 Å². The molecule has 2 rings (SSSR count). The summed E-state index contributed by atoms with van der Waals surface area (Å²) in [5.74, 6) is 0.190. The van der Waals surface area contributed by atoms with Crippen molar-refractivity contribution in [3.05, 3.63) is 22.7 Å². The van der Waals surface area contributed by atoms with Crippen LogP contribution in [0.2, 0.25) is 5.02 Å². The summed E-state index contributed by atoms with van der Waals surface area (Å²) in [6, 6.07) is 3.31. The van der Waals surface area contributed by atoms with Gasteiger partial charge in [0.2, 0.25) is 0 Å². The van der Waals surface area contributed by atoms with Crippen molar-refractivity contribution in [2.75, 3.05) is 30.8 Å². The average Bonchev–Trinajstić information content (AvgIpc) is 2.36. The fraction of sp³-hybridized carbons (Fsp3) is 0.500. The van der Waals surface area contributed by atoms with Crippen LogP contribution in [0.1, 0.15) is 30.1 Å². The van der Waals surface area contributed by atoms with Crippen LogP contribution in [-0.4, -0.2) is 26.2 Å². The Balaban J connectivity index is 2.45. The lowest BCUT2D eigenvalue weighted by Gasteiger charge is -2.34. The maximum atomic E-state index is 11.9. The van der Waals surface area contributed by atoms with E-state index < -0.39 is 5.97 Å². The van der Waals surface area contributed by atoms with E-state index in [0.717, 1.165) is 25.2 Å². The van der Waals surface area contributed by atoms with E-state index in [1.54, 1.807) is 12.1 Å². The van der Waals surface area contributed by atoms with Crippen LogP contribution in [-0.2, 0) is 4.74 Å². The number of nitrogens with two attached hydrogens (primary N) is 1. The van der Waals surface area contributed by atoms with Crippen molar-refractivity contribution in [1.82, 2.24) is 0 Å². The Morgan fingerprint density at radius 2 is 2.26 bits per heavy atom. The van der Waals surface area contributed by atoms with Crippen LogP contribution in [0.3, 0.4) is 0 Å². The monoisotopic (exact) mass is 282 g/mol. The molecule has 1 aromatic carbocycles. The Hall–Kier alpha value is -1.42. The first-order valence-corrected chi connectivity index (χ1v) is 6.83. The third kappa shape index (κ3) is 2.95. The van der Waals surface area contributed by atoms with Crippen molar-refractivity contribution in [2.24, 2.45) is 5.92 Å². The number of halogens is 1. The van der Waals surface area contributed by atoms with E-state index >= 15 is 0 Å². The van der Waals surface area contributed by atoms with Gasteiger partial charge in [0, 0.05) is 18.8 Å². The van der Waals surface area contributed by atoms with E-state index in [1.807, 2.05) is 0 Å². The van der Waals surface area contributed by atoms with Gasteiger partial charge in [-0.2, -0.15) is 0 Å². The molecule has 1 aromatic rings. The minimum atomic E-state index is -0.401. The maximum Gasteiger partial charge on any atom is 0.340 e. The van der Waals surface area contributed by atoms with Crippen LogP contribution < -0.4 is 10.6 Å². The van der Waals surface area contributed by atoms with Crippen LogP contribution in [0.5, 0.6) is 0 Å². The number of hydrogen-bond donors (Lipinski definition) is 1. The molecule has 0 amide bonds. The quantitative estimate of drug-likeness (QED) is 0.669. The summed E-state index contributed by atoms with van der Waals surface area (Å²) >= 11 is 6.29. The van der Waals surface area contributed by atoms with E-state index in [9.17, 15) is 4.79 Å². The number of piperidine rings is 1. The number of methoxy groups -OCH3 is 1. The van der Waals surface area contributed by atoms with Crippen molar-refractivity contribution in [3.8, 4) is 0 Å². The van der Waals surface area contributed by atoms with Gasteiger partial charge in [-0.15, -0.1) is 0 Å². The predicted molar refractivity (Wildman–Crippen MR) is 77.8 cm³/mol. The molecule has 5 heteroatoms. The van der Waals surface area contributed by atoms with E-state index in [4.69, 9.17) is 22.1 Å². The third-order valence-electron chi connectivity index (χ3n) is 3.46. The normalized spacial score (nSPS) is 19.3. The number of ether oxygens (including phenoxy) is 1. The molecule has 1 heterocycles. The standard InChI is InChI=1S/C14H19ClN2O2/c1-9-4-3-5-17(8-9)13-11(14(18)19-2)6-10(16)7-12(13)15/h6-7,9H,3-5,8,16H2,1-2H3. The fourth-order valence-corrected chi connectivity index (χ4v) is 2.95. The lowest BCUT2D eigenvalue weighted by Crippen LogP contribution is -2.35. The zero-order valence-electron chi connectivity index (χ0n) is 11.3. The van der Waals surface area contributed by atoms with Crippen molar-refractivity contribution in [1.29, 1.82) is 0 Å². The fourth-order valence-electron chi connectivity index (χ4n) is 2.60. The summed E-state index contributed by atoms with van der Waals surface area (Å²) in [5, 5.41) is 0.509. The highest BCUT2D eigenvalue weighted by molar-refractivity contribution is 6.34. The first-order chi connectivity index (χ1) is 9.02. The van der Waals surface area contributed by atoms with Crippen LogP contribution in [0.4, 0.5) is 11.4 Å². The van der Waals surface area contributed by atoms with Crippen molar-refractivity contribution in [2.45, 2.75) is 19.8 Å². The SMILES string of the molecule is COC(=O)c1cc(N)cc(Cl)c1N1CCCC(C)C1. The Labute approximate surface area is 118 Å². The minimum Gasteiger partial charge on any atom is -0.465 e. The van der Waals surface area contributed by atoms with Crippen LogP contribution in [0, 0.1) is 5.92 Å². The Bertz CT molecular complexity index is 491. The average molecular weight is 283 g/mol. The van der Waals surface area contributed by atoms with Crippen LogP contribution in [0.15, 0.2) is 12.1 Å². The molecule has 1 unspecified atom stereocenters. The molecule has 0 saturated carbocycles. The molecule has 0 spiro atoms. The minimum absolute atomic E-state index is 0.401. The highest BCUT2D eigenvalue weighted by Gasteiger charge is 2.24. The maximum absolute atomic E-state index is 11.9. The van der Waals surface area contributed by atoms with Gasteiger partial charge in [0.25, 0.3) is 0 Å². The van der Waals surface area contributed by atoms with E-state index in [2.05, 4.69) is 11.8 Å². The highest BCUT2D eigenvalue weighted by atomic mass is 35.5. The number of anilines is 2. The molecule has 1 aliphatic heterocycles. The van der Waals surface area contributed by atoms with Gasteiger partial charge < -0.3 is 15.4 Å². The highest BCUT2D eigenvalue weighted by Crippen LogP contribution is 2.35. The van der Waals surface area contributed by atoms with Crippen LogP contribution in [0.25, 0.3) is 0 Å². The molecule has 1 aliphatic rings. The lowest BCUT2D eigenvalue weighted by molar-refractivity contribution is 0.0601. The van der Waals surface area contributed by atoms with Gasteiger partial charge in [-0.3, -0.25) is 0 Å². The molecular formula is C14H19ClN2O2. The lowest BCUT2D eigenvalue weighted by atomic mass is 9.98. The number of nitrogen functional groups attached to an aromatic ring is 1. The molecule has 1 fully saturated rings. The molecule has 0 aromatic heterocycles.